The first kappa shape index (κ1) is 10.3. The van der Waals surface area contributed by atoms with Gasteiger partial charge in [-0.2, -0.15) is 0 Å². The lowest BCUT2D eigenvalue weighted by Crippen LogP contribution is -2.01. The quantitative estimate of drug-likeness (QED) is 0.593. The van der Waals surface area contributed by atoms with Crippen LogP contribution >= 0.6 is 11.8 Å². The van der Waals surface area contributed by atoms with Crippen LogP contribution in [0.5, 0.6) is 0 Å². The van der Waals surface area contributed by atoms with Crippen molar-refractivity contribution in [1.29, 1.82) is 0 Å². The third-order valence-corrected chi connectivity index (χ3v) is 2.69. The van der Waals surface area contributed by atoms with Crippen LogP contribution in [0.4, 0.5) is 5.82 Å². The smallest absolute Gasteiger partial charge is 0.133 e. The van der Waals surface area contributed by atoms with Gasteiger partial charge >= 0.3 is 0 Å². The van der Waals surface area contributed by atoms with Crippen LogP contribution in [0.2, 0.25) is 0 Å². The molecule has 0 amide bonds. The Morgan fingerprint density at radius 2 is 2.15 bits per heavy atom. The number of thioether (sulfide) groups is 1. The van der Waals surface area contributed by atoms with Gasteiger partial charge in [0.25, 0.3) is 0 Å². The van der Waals surface area contributed by atoms with E-state index >= 15 is 0 Å². The summed E-state index contributed by atoms with van der Waals surface area (Å²) in [5.74, 6) is 2.00. The zero-order valence-corrected chi connectivity index (χ0v) is 9.11. The normalized spacial score (nSPS) is 10.1. The highest BCUT2D eigenvalue weighted by molar-refractivity contribution is 7.99. The van der Waals surface area contributed by atoms with Crippen LogP contribution in [0.25, 0.3) is 0 Å². The van der Waals surface area contributed by atoms with Crippen LogP contribution in [-0.4, -0.2) is 22.8 Å². The summed E-state index contributed by atoms with van der Waals surface area (Å²) in [6, 6.07) is 0. The Hall–Kier alpha value is -0.770. The molecule has 0 spiro atoms. The van der Waals surface area contributed by atoms with Gasteiger partial charge in [-0.25, -0.2) is 9.97 Å². The fraction of sp³-hybridized carbons (Fsp3) is 0.556. The summed E-state index contributed by atoms with van der Waals surface area (Å²) < 4.78 is 0. The van der Waals surface area contributed by atoms with Crippen LogP contribution in [0.15, 0.2) is 11.4 Å². The molecule has 72 valence electrons. The molecule has 0 aliphatic heterocycles. The third-order valence-electron chi connectivity index (χ3n) is 1.78. The van der Waals surface area contributed by atoms with Gasteiger partial charge in [-0.05, 0) is 12.2 Å². The van der Waals surface area contributed by atoms with Crippen molar-refractivity contribution >= 4 is 17.6 Å². The van der Waals surface area contributed by atoms with Gasteiger partial charge in [0.1, 0.15) is 17.2 Å². The van der Waals surface area contributed by atoms with E-state index in [1.54, 1.807) is 18.1 Å². The Bertz CT molecular complexity index is 276. The van der Waals surface area contributed by atoms with E-state index in [1.807, 2.05) is 7.05 Å². The van der Waals surface area contributed by atoms with Gasteiger partial charge in [-0.15, -0.1) is 11.8 Å². The van der Waals surface area contributed by atoms with E-state index in [2.05, 4.69) is 29.1 Å². The molecule has 1 rings (SSSR count). The van der Waals surface area contributed by atoms with Crippen molar-refractivity contribution in [2.75, 3.05) is 18.1 Å². The van der Waals surface area contributed by atoms with Gasteiger partial charge in [0, 0.05) is 12.6 Å². The third kappa shape index (κ3) is 2.34. The zero-order chi connectivity index (χ0) is 9.68. The molecule has 0 aliphatic rings. The van der Waals surface area contributed by atoms with E-state index in [1.165, 1.54) is 5.56 Å². The summed E-state index contributed by atoms with van der Waals surface area (Å²) in [4.78, 5) is 8.44. The summed E-state index contributed by atoms with van der Waals surface area (Å²) in [6.45, 7) is 4.25. The van der Waals surface area contributed by atoms with Crippen LogP contribution in [-0.2, 0) is 6.42 Å². The number of hydrogen-bond acceptors (Lipinski definition) is 4. The van der Waals surface area contributed by atoms with E-state index < -0.39 is 0 Å². The van der Waals surface area contributed by atoms with Gasteiger partial charge in [0.05, 0.1) is 0 Å². The first-order valence-electron chi connectivity index (χ1n) is 4.47. The number of rotatable bonds is 4. The van der Waals surface area contributed by atoms with Crippen molar-refractivity contribution in [3.8, 4) is 0 Å². The lowest BCUT2D eigenvalue weighted by molar-refractivity contribution is 0.947. The molecule has 1 aromatic rings. The summed E-state index contributed by atoms with van der Waals surface area (Å²) >= 11 is 1.76. The maximum Gasteiger partial charge on any atom is 0.133 e. The van der Waals surface area contributed by atoms with Crippen molar-refractivity contribution < 1.29 is 0 Å². The fourth-order valence-corrected chi connectivity index (χ4v) is 2.00. The minimum absolute atomic E-state index is 0.952. The molecule has 0 radical (unpaired) electrons. The van der Waals surface area contributed by atoms with E-state index in [0.29, 0.717) is 0 Å². The van der Waals surface area contributed by atoms with E-state index in [4.69, 9.17) is 0 Å². The average Bonchev–Trinajstić information content (AvgIpc) is 2.18. The molecule has 1 N–H and O–H groups in total. The zero-order valence-electron chi connectivity index (χ0n) is 8.29. The Labute approximate surface area is 83.4 Å². The number of nitrogens with zero attached hydrogens (tertiary/aromatic N) is 2. The van der Waals surface area contributed by atoms with Crippen molar-refractivity contribution in [3.63, 3.8) is 0 Å². The summed E-state index contributed by atoms with van der Waals surface area (Å²) in [5, 5.41) is 4.18. The summed E-state index contributed by atoms with van der Waals surface area (Å²) in [6.07, 6.45) is 2.59. The molecule has 1 heterocycles. The SMILES string of the molecule is CCSc1ncnc(NC)c1CC. The molecule has 0 atom stereocenters. The molecule has 4 heteroatoms. The predicted octanol–water partition coefficient (Wildman–Crippen LogP) is 2.19. The van der Waals surface area contributed by atoms with Gasteiger partial charge in [-0.1, -0.05) is 13.8 Å². The maximum absolute atomic E-state index is 4.26. The van der Waals surface area contributed by atoms with Crippen molar-refractivity contribution in [3.05, 3.63) is 11.9 Å². The molecular weight excluding hydrogens is 182 g/mol. The Morgan fingerprint density at radius 3 is 2.69 bits per heavy atom. The number of aromatic nitrogens is 2. The second-order valence-corrected chi connectivity index (χ2v) is 3.80. The number of anilines is 1. The second-order valence-electron chi connectivity index (χ2n) is 2.54. The van der Waals surface area contributed by atoms with Crippen LogP contribution in [0, 0.1) is 0 Å². The van der Waals surface area contributed by atoms with Gasteiger partial charge in [-0.3, -0.25) is 0 Å². The second kappa shape index (κ2) is 5.07. The highest BCUT2D eigenvalue weighted by Crippen LogP contribution is 2.24. The largest absolute Gasteiger partial charge is 0.373 e. The number of nitrogens with one attached hydrogen (secondary N) is 1. The minimum Gasteiger partial charge on any atom is -0.373 e. The van der Waals surface area contributed by atoms with Crippen molar-refractivity contribution in [1.82, 2.24) is 9.97 Å². The maximum atomic E-state index is 4.26. The van der Waals surface area contributed by atoms with E-state index in [0.717, 1.165) is 23.0 Å². The van der Waals surface area contributed by atoms with Crippen LogP contribution < -0.4 is 5.32 Å². The first-order chi connectivity index (χ1) is 6.33. The molecule has 0 fully saturated rings. The molecule has 1 aromatic heterocycles. The van der Waals surface area contributed by atoms with E-state index in [9.17, 15) is 0 Å². The molecule has 0 bridgehead atoms. The predicted molar refractivity (Wildman–Crippen MR) is 57.4 cm³/mol. The van der Waals surface area contributed by atoms with Gasteiger partial charge in [0.15, 0.2) is 0 Å². The summed E-state index contributed by atoms with van der Waals surface area (Å²) in [7, 11) is 1.89. The average molecular weight is 197 g/mol. The van der Waals surface area contributed by atoms with Gasteiger partial charge < -0.3 is 5.32 Å². The summed E-state index contributed by atoms with van der Waals surface area (Å²) in [5.41, 5.74) is 1.22. The molecular formula is C9H15N3S. The highest BCUT2D eigenvalue weighted by Gasteiger charge is 2.07. The molecule has 0 aromatic carbocycles. The minimum atomic E-state index is 0.952. The van der Waals surface area contributed by atoms with E-state index in [-0.39, 0.29) is 0 Å². The first-order valence-corrected chi connectivity index (χ1v) is 5.46. The molecule has 13 heavy (non-hydrogen) atoms. The molecule has 0 aliphatic carbocycles. The Morgan fingerprint density at radius 1 is 1.38 bits per heavy atom. The Kier molecular flexibility index (Phi) is 4.02. The fourth-order valence-electron chi connectivity index (χ4n) is 1.19. The molecule has 0 unspecified atom stereocenters. The monoisotopic (exact) mass is 197 g/mol. The van der Waals surface area contributed by atoms with Crippen molar-refractivity contribution in [2.45, 2.75) is 25.3 Å². The van der Waals surface area contributed by atoms with Crippen LogP contribution in [0.1, 0.15) is 19.4 Å². The van der Waals surface area contributed by atoms with Gasteiger partial charge in [0.2, 0.25) is 0 Å². The molecule has 0 saturated carbocycles. The lowest BCUT2D eigenvalue weighted by Gasteiger charge is -2.09. The Balaban J connectivity index is 3.03. The van der Waals surface area contributed by atoms with Crippen LogP contribution in [0.3, 0.4) is 0 Å². The highest BCUT2D eigenvalue weighted by atomic mass is 32.2. The molecule has 0 saturated heterocycles. The van der Waals surface area contributed by atoms with Crippen molar-refractivity contribution in [2.24, 2.45) is 0 Å². The topological polar surface area (TPSA) is 37.8 Å². The standard InChI is InChI=1S/C9H15N3S/c1-4-7-8(10-3)11-6-12-9(7)13-5-2/h6H,4-5H2,1-3H3,(H,10,11,12). The molecule has 3 nitrogen and oxygen atoms in total. The lowest BCUT2D eigenvalue weighted by atomic mass is 10.2. The number of hydrogen-bond donors (Lipinski definition) is 1.